The highest BCUT2D eigenvalue weighted by atomic mass is 35.5. The Morgan fingerprint density at radius 1 is 1.14 bits per heavy atom. The molecule has 0 atom stereocenters. The number of nitriles is 1. The van der Waals surface area contributed by atoms with Gasteiger partial charge in [-0.15, -0.1) is 0 Å². The van der Waals surface area contributed by atoms with Crippen molar-refractivity contribution < 1.29 is 31.1 Å². The van der Waals surface area contributed by atoms with Crippen LogP contribution in [0.3, 0.4) is 0 Å². The number of nitrogens with zero attached hydrogens (tertiary/aromatic N) is 2. The van der Waals surface area contributed by atoms with Crippen LogP contribution in [0, 0.1) is 11.3 Å². The van der Waals surface area contributed by atoms with Gasteiger partial charge < -0.3 is 10.2 Å². The average molecular weight is 422 g/mol. The largest absolute Gasteiger partial charge is 0.417 e. The van der Waals surface area contributed by atoms with E-state index in [1.54, 1.807) is 0 Å². The molecule has 1 amide bonds. The molecule has 1 N–H and O–H groups in total. The second kappa shape index (κ2) is 7.59. The summed E-state index contributed by atoms with van der Waals surface area (Å²) in [5.41, 5.74) is -3.26. The number of likely N-dealkylation sites (N-methyl/N-ethyl adjacent to an activating group) is 1. The van der Waals surface area contributed by atoms with Gasteiger partial charge in [0.2, 0.25) is 0 Å². The summed E-state index contributed by atoms with van der Waals surface area (Å²) in [6.45, 7) is 0. The first-order chi connectivity index (χ1) is 12.8. The molecule has 148 valence electrons. The summed E-state index contributed by atoms with van der Waals surface area (Å²) in [5, 5.41) is 11.1. The SMILES string of the molecule is CN1C=C(C(F)(F)F)C=CC1=C(C#N)C(=O)Nc1cc(C(F)(F)F)ccc1Cl. The van der Waals surface area contributed by atoms with Crippen LogP contribution in [0.1, 0.15) is 5.56 Å². The molecule has 0 unspecified atom stereocenters. The van der Waals surface area contributed by atoms with Gasteiger partial charge in [0.05, 0.1) is 27.5 Å². The van der Waals surface area contributed by atoms with Crippen LogP contribution in [0.5, 0.6) is 0 Å². The highest BCUT2D eigenvalue weighted by molar-refractivity contribution is 6.34. The molecule has 0 saturated carbocycles. The fourth-order valence-corrected chi connectivity index (χ4v) is 2.41. The molecule has 2 rings (SSSR count). The number of amides is 1. The Morgan fingerprint density at radius 2 is 1.79 bits per heavy atom. The summed E-state index contributed by atoms with van der Waals surface area (Å²) in [4.78, 5) is 13.3. The van der Waals surface area contributed by atoms with Crippen LogP contribution < -0.4 is 5.32 Å². The second-order valence-electron chi connectivity index (χ2n) is 5.54. The molecule has 1 aromatic carbocycles. The topological polar surface area (TPSA) is 56.1 Å². The lowest BCUT2D eigenvalue weighted by Crippen LogP contribution is -2.24. The molecule has 0 spiro atoms. The van der Waals surface area contributed by atoms with Crippen molar-refractivity contribution in [3.63, 3.8) is 0 Å². The van der Waals surface area contributed by atoms with Crippen LogP contribution in [-0.2, 0) is 11.0 Å². The molecule has 1 aliphatic rings. The van der Waals surface area contributed by atoms with Crippen LogP contribution >= 0.6 is 11.6 Å². The molecule has 4 nitrogen and oxygen atoms in total. The van der Waals surface area contributed by atoms with Gasteiger partial charge in [-0.25, -0.2) is 0 Å². The molecule has 0 fully saturated rings. The molecule has 1 heterocycles. The number of halogens is 7. The molecule has 0 saturated heterocycles. The van der Waals surface area contributed by atoms with E-state index in [0.29, 0.717) is 24.4 Å². The number of hydrogen-bond acceptors (Lipinski definition) is 3. The lowest BCUT2D eigenvalue weighted by atomic mass is 10.1. The number of hydrogen-bond donors (Lipinski definition) is 1. The van der Waals surface area contributed by atoms with E-state index in [2.05, 4.69) is 5.32 Å². The molecule has 28 heavy (non-hydrogen) atoms. The highest BCUT2D eigenvalue weighted by Gasteiger charge is 2.34. The number of allylic oxidation sites excluding steroid dienone is 3. The fraction of sp³-hybridized carbons (Fsp3) is 0.176. The smallest absolute Gasteiger partial charge is 0.349 e. The van der Waals surface area contributed by atoms with Crippen LogP contribution in [0.15, 0.2) is 53.4 Å². The van der Waals surface area contributed by atoms with Crippen LogP contribution in [0.4, 0.5) is 32.0 Å². The maximum Gasteiger partial charge on any atom is 0.417 e. The van der Waals surface area contributed by atoms with E-state index in [0.717, 1.165) is 17.0 Å². The normalized spacial score (nSPS) is 16.4. The first-order valence-electron chi connectivity index (χ1n) is 7.37. The minimum Gasteiger partial charge on any atom is -0.349 e. The van der Waals surface area contributed by atoms with Gasteiger partial charge in [0, 0.05) is 13.2 Å². The third kappa shape index (κ3) is 4.67. The van der Waals surface area contributed by atoms with E-state index in [9.17, 15) is 36.4 Å². The highest BCUT2D eigenvalue weighted by Crippen LogP contribution is 2.34. The summed E-state index contributed by atoms with van der Waals surface area (Å²) in [5.74, 6) is -1.13. The molecule has 0 aliphatic carbocycles. The van der Waals surface area contributed by atoms with Crippen LogP contribution in [0.2, 0.25) is 5.02 Å². The standard InChI is InChI=1S/C17H10ClF6N3O/c1-27-8-10(17(22,23)24)3-5-14(27)11(7-25)15(28)26-13-6-9(16(19,20)21)2-4-12(13)18/h2-6,8H,1H3,(H,26,28). The first-order valence-corrected chi connectivity index (χ1v) is 7.74. The van der Waals surface area contributed by atoms with Gasteiger partial charge in [-0.3, -0.25) is 4.79 Å². The van der Waals surface area contributed by atoms with Gasteiger partial charge >= 0.3 is 12.4 Å². The van der Waals surface area contributed by atoms with Gasteiger partial charge in [0.15, 0.2) is 0 Å². The lowest BCUT2D eigenvalue weighted by Gasteiger charge is -2.23. The van der Waals surface area contributed by atoms with Gasteiger partial charge in [-0.1, -0.05) is 11.6 Å². The Morgan fingerprint density at radius 3 is 2.29 bits per heavy atom. The van der Waals surface area contributed by atoms with E-state index in [-0.39, 0.29) is 10.7 Å². The van der Waals surface area contributed by atoms with Crippen molar-refractivity contribution in [1.29, 1.82) is 5.26 Å². The minimum atomic E-state index is -4.69. The van der Waals surface area contributed by atoms with Gasteiger partial charge in [0.1, 0.15) is 11.6 Å². The van der Waals surface area contributed by atoms with Crippen molar-refractivity contribution in [2.45, 2.75) is 12.4 Å². The van der Waals surface area contributed by atoms with E-state index in [1.807, 2.05) is 0 Å². The third-order valence-electron chi connectivity index (χ3n) is 3.60. The zero-order valence-electron chi connectivity index (χ0n) is 13.9. The Kier molecular flexibility index (Phi) is 5.80. The molecule has 11 heteroatoms. The Hall–Kier alpha value is -2.93. The van der Waals surface area contributed by atoms with Crippen molar-refractivity contribution in [2.24, 2.45) is 0 Å². The maximum atomic E-state index is 12.8. The Bertz CT molecular complexity index is 938. The summed E-state index contributed by atoms with van der Waals surface area (Å²) < 4.78 is 76.6. The molecule has 1 aliphatic heterocycles. The van der Waals surface area contributed by atoms with Crippen molar-refractivity contribution in [3.8, 4) is 6.07 Å². The summed E-state index contributed by atoms with van der Waals surface area (Å²) in [6, 6.07) is 3.76. The van der Waals surface area contributed by atoms with Gasteiger partial charge in [-0.05, 0) is 30.4 Å². The third-order valence-corrected chi connectivity index (χ3v) is 3.93. The average Bonchev–Trinajstić information content (AvgIpc) is 2.57. The zero-order valence-corrected chi connectivity index (χ0v) is 14.7. The maximum absolute atomic E-state index is 12.8. The van der Waals surface area contributed by atoms with E-state index in [4.69, 9.17) is 11.6 Å². The minimum absolute atomic E-state index is 0.170. The van der Waals surface area contributed by atoms with Crippen LogP contribution in [-0.4, -0.2) is 24.0 Å². The fourth-order valence-electron chi connectivity index (χ4n) is 2.24. The molecular weight excluding hydrogens is 412 g/mol. The lowest BCUT2D eigenvalue weighted by molar-refractivity contribution is -0.137. The summed E-state index contributed by atoms with van der Waals surface area (Å²) >= 11 is 5.78. The van der Waals surface area contributed by atoms with E-state index in [1.165, 1.54) is 13.1 Å². The summed E-state index contributed by atoms with van der Waals surface area (Å²) in [6.07, 6.45) is -7.05. The van der Waals surface area contributed by atoms with Gasteiger partial charge in [-0.2, -0.15) is 31.6 Å². The van der Waals surface area contributed by atoms with E-state index < -0.39 is 40.7 Å². The van der Waals surface area contributed by atoms with Crippen LogP contribution in [0.25, 0.3) is 0 Å². The Balaban J connectivity index is 2.36. The monoisotopic (exact) mass is 421 g/mol. The molecule has 1 aromatic rings. The Labute approximate surface area is 160 Å². The molecule has 0 aromatic heterocycles. The predicted octanol–water partition coefficient (Wildman–Crippen LogP) is 5.02. The number of carbonyl (C=O) groups is 1. The van der Waals surface area contributed by atoms with Crippen molar-refractivity contribution >= 4 is 23.2 Å². The number of alkyl halides is 6. The molecular formula is C17H10ClF6N3O. The second-order valence-corrected chi connectivity index (χ2v) is 5.95. The van der Waals surface area contributed by atoms with Crippen molar-refractivity contribution in [3.05, 3.63) is 64.0 Å². The number of nitrogens with one attached hydrogen (secondary N) is 1. The van der Waals surface area contributed by atoms with Crippen molar-refractivity contribution in [1.82, 2.24) is 4.90 Å². The quantitative estimate of drug-likeness (QED) is 0.414. The first kappa shape index (κ1) is 21.4. The number of carbonyl (C=O) groups excluding carboxylic acids is 1. The molecule has 0 bridgehead atoms. The summed E-state index contributed by atoms with van der Waals surface area (Å²) in [7, 11) is 1.19. The zero-order chi connectivity index (χ0) is 21.3. The predicted molar refractivity (Wildman–Crippen MR) is 88.8 cm³/mol. The molecule has 0 radical (unpaired) electrons. The number of benzene rings is 1. The number of rotatable bonds is 2. The van der Waals surface area contributed by atoms with Gasteiger partial charge in [0.25, 0.3) is 5.91 Å². The van der Waals surface area contributed by atoms with E-state index >= 15 is 0 Å². The number of anilines is 1. The van der Waals surface area contributed by atoms with Crippen molar-refractivity contribution in [2.75, 3.05) is 12.4 Å².